The average Bonchev–Trinajstić information content (AvgIpc) is 3.43. The van der Waals surface area contributed by atoms with Gasteiger partial charge in [0.1, 0.15) is 11.5 Å². The smallest absolute Gasteiger partial charge is 0.248 e. The van der Waals surface area contributed by atoms with E-state index in [2.05, 4.69) is 15.5 Å². The van der Waals surface area contributed by atoms with Gasteiger partial charge >= 0.3 is 0 Å². The molecule has 0 saturated carbocycles. The van der Waals surface area contributed by atoms with Crippen LogP contribution in [-0.4, -0.2) is 41.9 Å². The van der Waals surface area contributed by atoms with Crippen LogP contribution in [0.15, 0.2) is 45.3 Å². The van der Waals surface area contributed by atoms with Gasteiger partial charge in [0.15, 0.2) is 15.8 Å². The molecular weight excluding hydrogens is 455 g/mol. The predicted molar refractivity (Wildman–Crippen MR) is 119 cm³/mol. The van der Waals surface area contributed by atoms with E-state index in [-0.39, 0.29) is 41.3 Å². The van der Waals surface area contributed by atoms with Crippen LogP contribution in [-0.2, 0) is 14.8 Å². The SMILES string of the molecule is Cc1noc(/C=C/c2ccccc2F)c1S(=O)(=O)N1CCC(C(=O)Nc2nccs2)CC1. The van der Waals surface area contributed by atoms with Gasteiger partial charge in [-0.25, -0.2) is 17.8 Å². The first-order valence-corrected chi connectivity index (χ1v) is 12.3. The molecule has 1 aliphatic heterocycles. The zero-order valence-electron chi connectivity index (χ0n) is 17.2. The minimum absolute atomic E-state index is 0.0365. The van der Waals surface area contributed by atoms with Gasteiger partial charge in [0.25, 0.3) is 0 Å². The van der Waals surface area contributed by atoms with Crippen molar-refractivity contribution in [1.82, 2.24) is 14.4 Å². The minimum atomic E-state index is -3.90. The van der Waals surface area contributed by atoms with Crippen molar-refractivity contribution in [3.05, 3.63) is 58.7 Å². The number of carbonyl (C=O) groups excluding carboxylic acids is 1. The van der Waals surface area contributed by atoms with Crippen LogP contribution in [0.3, 0.4) is 0 Å². The highest BCUT2D eigenvalue weighted by Crippen LogP contribution is 2.30. The molecule has 1 fully saturated rings. The fraction of sp³-hybridized carbons (Fsp3) is 0.286. The molecule has 0 bridgehead atoms. The number of anilines is 1. The quantitative estimate of drug-likeness (QED) is 0.580. The molecule has 1 amide bonds. The van der Waals surface area contributed by atoms with Crippen molar-refractivity contribution < 1.29 is 22.1 Å². The van der Waals surface area contributed by atoms with Crippen LogP contribution >= 0.6 is 11.3 Å². The number of amides is 1. The number of rotatable bonds is 6. The van der Waals surface area contributed by atoms with E-state index in [0.29, 0.717) is 23.5 Å². The second kappa shape index (κ2) is 9.31. The van der Waals surface area contributed by atoms with Gasteiger partial charge in [-0.15, -0.1) is 11.3 Å². The first kappa shape index (κ1) is 22.3. The topological polar surface area (TPSA) is 105 Å². The molecule has 168 valence electrons. The molecule has 11 heteroatoms. The number of sulfonamides is 1. The Morgan fingerprint density at radius 1 is 1.28 bits per heavy atom. The molecule has 2 aromatic heterocycles. The van der Waals surface area contributed by atoms with Gasteiger partial charge in [0, 0.05) is 36.1 Å². The second-order valence-electron chi connectivity index (χ2n) is 7.32. The maximum absolute atomic E-state index is 13.9. The first-order chi connectivity index (χ1) is 15.4. The monoisotopic (exact) mass is 476 g/mol. The van der Waals surface area contributed by atoms with Gasteiger partial charge < -0.3 is 9.84 Å². The first-order valence-electron chi connectivity index (χ1n) is 9.95. The van der Waals surface area contributed by atoms with Crippen molar-refractivity contribution >= 4 is 44.6 Å². The number of hydrogen-bond donors (Lipinski definition) is 1. The maximum atomic E-state index is 13.9. The van der Waals surface area contributed by atoms with Gasteiger partial charge in [-0.05, 0) is 38.0 Å². The zero-order chi connectivity index (χ0) is 22.7. The molecule has 1 aromatic carbocycles. The van der Waals surface area contributed by atoms with Gasteiger partial charge in [0.05, 0.1) is 0 Å². The Morgan fingerprint density at radius 3 is 2.72 bits per heavy atom. The zero-order valence-corrected chi connectivity index (χ0v) is 18.8. The molecule has 1 saturated heterocycles. The van der Waals surface area contributed by atoms with Crippen LogP contribution in [0.2, 0.25) is 0 Å². The van der Waals surface area contributed by atoms with E-state index in [1.807, 2.05) is 0 Å². The number of halogens is 1. The van der Waals surface area contributed by atoms with Gasteiger partial charge in [0.2, 0.25) is 15.9 Å². The predicted octanol–water partition coefficient (Wildman–Crippen LogP) is 3.79. The Hall–Kier alpha value is -2.89. The lowest BCUT2D eigenvalue weighted by Gasteiger charge is -2.30. The van der Waals surface area contributed by atoms with Crippen LogP contribution < -0.4 is 5.32 Å². The van der Waals surface area contributed by atoms with Crippen LogP contribution in [0.5, 0.6) is 0 Å². The summed E-state index contributed by atoms with van der Waals surface area (Å²) in [6.07, 6.45) is 5.24. The maximum Gasteiger partial charge on any atom is 0.248 e. The lowest BCUT2D eigenvalue weighted by molar-refractivity contribution is -0.120. The van der Waals surface area contributed by atoms with Crippen LogP contribution in [0.25, 0.3) is 12.2 Å². The molecule has 0 radical (unpaired) electrons. The number of piperidine rings is 1. The lowest BCUT2D eigenvalue weighted by atomic mass is 9.97. The number of aryl methyl sites for hydroxylation is 1. The third kappa shape index (κ3) is 4.64. The van der Waals surface area contributed by atoms with E-state index in [1.54, 1.807) is 36.7 Å². The third-order valence-electron chi connectivity index (χ3n) is 5.24. The van der Waals surface area contributed by atoms with Crippen molar-refractivity contribution in [3.8, 4) is 0 Å². The highest BCUT2D eigenvalue weighted by Gasteiger charge is 2.36. The van der Waals surface area contributed by atoms with Crippen LogP contribution in [0, 0.1) is 18.7 Å². The average molecular weight is 477 g/mol. The van der Waals surface area contributed by atoms with Gasteiger partial charge in [-0.2, -0.15) is 4.31 Å². The number of benzene rings is 1. The number of thiazole rings is 1. The number of nitrogens with one attached hydrogen (secondary N) is 1. The molecular formula is C21H21FN4O4S2. The normalized spacial score (nSPS) is 15.9. The second-order valence-corrected chi connectivity index (χ2v) is 10.1. The molecule has 0 unspecified atom stereocenters. The summed E-state index contributed by atoms with van der Waals surface area (Å²) >= 11 is 1.33. The summed E-state index contributed by atoms with van der Waals surface area (Å²) in [4.78, 5) is 16.4. The number of nitrogens with zero attached hydrogens (tertiary/aromatic N) is 3. The molecule has 4 rings (SSSR count). The Balaban J connectivity index is 1.48. The van der Waals surface area contributed by atoms with E-state index in [4.69, 9.17) is 4.52 Å². The van der Waals surface area contributed by atoms with Crippen LogP contribution in [0.1, 0.15) is 29.9 Å². The number of aromatic nitrogens is 2. The van der Waals surface area contributed by atoms with Crippen LogP contribution in [0.4, 0.5) is 9.52 Å². The highest BCUT2D eigenvalue weighted by atomic mass is 32.2. The molecule has 1 N–H and O–H groups in total. The summed E-state index contributed by atoms with van der Waals surface area (Å²) in [5.74, 6) is -0.849. The Bertz CT molecular complexity index is 1230. The number of carbonyl (C=O) groups is 1. The van der Waals surface area contributed by atoms with E-state index in [1.165, 1.54) is 33.9 Å². The Kier molecular flexibility index (Phi) is 6.49. The summed E-state index contributed by atoms with van der Waals surface area (Å²) in [5, 5.41) is 8.86. The fourth-order valence-electron chi connectivity index (χ4n) is 3.55. The molecule has 32 heavy (non-hydrogen) atoms. The minimum Gasteiger partial charge on any atom is -0.355 e. The largest absolute Gasteiger partial charge is 0.355 e. The summed E-state index contributed by atoms with van der Waals surface area (Å²) in [6, 6.07) is 6.14. The van der Waals surface area contributed by atoms with Crippen molar-refractivity contribution in [2.45, 2.75) is 24.7 Å². The van der Waals surface area contributed by atoms with Crippen molar-refractivity contribution in [2.75, 3.05) is 18.4 Å². The molecule has 3 heterocycles. The standard InChI is InChI=1S/C21H21FN4O4S2/c1-14-19(18(30-25-14)7-6-15-4-2-3-5-17(15)22)32(28,29)26-11-8-16(9-12-26)20(27)24-21-23-10-13-31-21/h2-7,10,13,16H,8-9,11-12H2,1H3,(H,23,24,27)/b7-6+. The number of hydrogen-bond acceptors (Lipinski definition) is 7. The fourth-order valence-corrected chi connectivity index (χ4v) is 5.81. The lowest BCUT2D eigenvalue weighted by Crippen LogP contribution is -2.41. The Labute approximate surface area is 188 Å². The van der Waals surface area contributed by atoms with Crippen molar-refractivity contribution in [3.63, 3.8) is 0 Å². The molecule has 1 aliphatic rings. The summed E-state index contributed by atoms with van der Waals surface area (Å²) < 4.78 is 47.1. The summed E-state index contributed by atoms with van der Waals surface area (Å²) in [5.41, 5.74) is 0.527. The Morgan fingerprint density at radius 2 is 2.03 bits per heavy atom. The third-order valence-corrected chi connectivity index (χ3v) is 7.98. The summed E-state index contributed by atoms with van der Waals surface area (Å²) in [6.45, 7) is 1.93. The van der Waals surface area contributed by atoms with Crippen molar-refractivity contribution in [2.24, 2.45) is 5.92 Å². The van der Waals surface area contributed by atoms with Gasteiger partial charge in [-0.3, -0.25) is 4.79 Å². The van der Waals surface area contributed by atoms with E-state index >= 15 is 0 Å². The molecule has 0 spiro atoms. The molecule has 0 atom stereocenters. The highest BCUT2D eigenvalue weighted by molar-refractivity contribution is 7.89. The van der Waals surface area contributed by atoms with Crippen molar-refractivity contribution in [1.29, 1.82) is 0 Å². The molecule has 0 aliphatic carbocycles. The molecule has 3 aromatic rings. The van der Waals surface area contributed by atoms with E-state index < -0.39 is 15.8 Å². The van der Waals surface area contributed by atoms with E-state index in [0.717, 1.165) is 0 Å². The summed E-state index contributed by atoms with van der Waals surface area (Å²) in [7, 11) is -3.90. The molecule has 8 nitrogen and oxygen atoms in total. The van der Waals surface area contributed by atoms with E-state index in [9.17, 15) is 17.6 Å². The van der Waals surface area contributed by atoms with Gasteiger partial charge in [-0.1, -0.05) is 23.4 Å².